The van der Waals surface area contributed by atoms with Crippen LogP contribution in [0.5, 0.6) is 0 Å². The lowest BCUT2D eigenvalue weighted by Crippen LogP contribution is -2.38. The number of carboxylic acid groups (broad SMARTS) is 2. The van der Waals surface area contributed by atoms with E-state index in [1.807, 2.05) is 0 Å². The second kappa shape index (κ2) is 7.58. The van der Waals surface area contributed by atoms with Crippen LogP contribution >= 0.6 is 0 Å². The maximum absolute atomic E-state index is 11.2. The first kappa shape index (κ1) is 17.7. The summed E-state index contributed by atoms with van der Waals surface area (Å²) in [6.45, 7) is 3.05. The fourth-order valence-corrected chi connectivity index (χ4v) is 0.988. The molecule has 0 fully saturated rings. The average Bonchev–Trinajstić information content (AvgIpc) is 2.11. The van der Waals surface area contributed by atoms with E-state index in [2.05, 4.69) is 4.74 Å². The van der Waals surface area contributed by atoms with Crippen molar-refractivity contribution >= 4 is 17.9 Å². The van der Waals surface area contributed by atoms with Gasteiger partial charge in [0.1, 0.15) is 5.92 Å². The van der Waals surface area contributed by atoms with Crippen LogP contribution in [0.3, 0.4) is 0 Å². The molecular weight excluding hydrogens is 236 g/mol. The van der Waals surface area contributed by atoms with Gasteiger partial charge in [0.25, 0.3) is 0 Å². The third-order valence-corrected chi connectivity index (χ3v) is 1.69. The molecule has 0 aliphatic heterocycles. The minimum absolute atomic E-state index is 0. The Bertz CT molecular complexity index is 285. The molecule has 0 aromatic heterocycles. The monoisotopic (exact) mass is 252 g/mol. The molecule has 0 rings (SSSR count). The summed E-state index contributed by atoms with van der Waals surface area (Å²) >= 11 is 0. The van der Waals surface area contributed by atoms with E-state index in [0.29, 0.717) is 0 Å². The van der Waals surface area contributed by atoms with Crippen LogP contribution in [0.4, 0.5) is 0 Å². The first-order chi connectivity index (χ1) is 7.25. The van der Waals surface area contributed by atoms with Crippen molar-refractivity contribution in [1.82, 2.24) is 0 Å². The third-order valence-electron chi connectivity index (χ3n) is 1.69. The molecule has 2 unspecified atom stereocenters. The summed E-state index contributed by atoms with van der Waals surface area (Å²) in [5.74, 6) is -5.81. The van der Waals surface area contributed by atoms with Crippen LogP contribution in [0.1, 0.15) is 20.3 Å². The Morgan fingerprint density at radius 2 is 1.65 bits per heavy atom. The Kier molecular flexibility index (Phi) is 7.90. The highest BCUT2D eigenvalue weighted by Gasteiger charge is 2.35. The average molecular weight is 252 g/mol. The molecular formula is C9H16O8. The van der Waals surface area contributed by atoms with Crippen molar-refractivity contribution in [1.29, 1.82) is 0 Å². The number of carbonyl (C=O) groups is 3. The summed E-state index contributed by atoms with van der Waals surface area (Å²) in [6, 6.07) is 0. The van der Waals surface area contributed by atoms with Crippen LogP contribution in [-0.4, -0.2) is 50.9 Å². The highest BCUT2D eigenvalue weighted by Crippen LogP contribution is 2.12. The molecule has 0 amide bonds. The lowest BCUT2D eigenvalue weighted by Gasteiger charge is -2.17. The minimum atomic E-state index is -1.98. The normalized spacial score (nSPS) is 13.4. The van der Waals surface area contributed by atoms with Gasteiger partial charge >= 0.3 is 17.9 Å². The van der Waals surface area contributed by atoms with Gasteiger partial charge in [-0.2, -0.15) is 0 Å². The Morgan fingerprint density at radius 1 is 1.18 bits per heavy atom. The van der Waals surface area contributed by atoms with Crippen LogP contribution in [0.25, 0.3) is 0 Å². The molecule has 8 nitrogen and oxygen atoms in total. The van der Waals surface area contributed by atoms with E-state index in [4.69, 9.17) is 10.2 Å². The Hall–Kier alpha value is -1.67. The summed E-state index contributed by atoms with van der Waals surface area (Å²) in [5, 5.41) is 26.4. The molecule has 0 bridgehead atoms. The van der Waals surface area contributed by atoms with Gasteiger partial charge in [-0.15, -0.1) is 0 Å². The fraction of sp³-hybridized carbons (Fsp3) is 0.667. The molecule has 0 aromatic rings. The number of aliphatic hydroxyl groups is 1. The topological polar surface area (TPSA) is 153 Å². The molecule has 8 heteroatoms. The number of ether oxygens (including phenoxy) is 1. The van der Waals surface area contributed by atoms with Crippen molar-refractivity contribution in [3.8, 4) is 0 Å². The van der Waals surface area contributed by atoms with Crippen molar-refractivity contribution < 1.29 is 39.9 Å². The third kappa shape index (κ3) is 6.48. The molecule has 2 atom stereocenters. The molecule has 0 saturated carbocycles. The maximum Gasteiger partial charge on any atom is 0.336 e. The predicted molar refractivity (Wildman–Crippen MR) is 54.2 cm³/mol. The van der Waals surface area contributed by atoms with Crippen molar-refractivity contribution in [2.45, 2.75) is 32.5 Å². The first-order valence-electron chi connectivity index (χ1n) is 4.58. The molecule has 17 heavy (non-hydrogen) atoms. The number of esters is 1. The van der Waals surface area contributed by atoms with E-state index in [1.54, 1.807) is 0 Å². The predicted octanol–water partition coefficient (Wildman–Crippen LogP) is -1.35. The minimum Gasteiger partial charge on any atom is -0.481 e. The first-order valence-corrected chi connectivity index (χ1v) is 4.58. The van der Waals surface area contributed by atoms with E-state index in [1.165, 1.54) is 13.8 Å². The SMILES string of the molecule is CC(C)OC(=O)C(O)C(CC(=O)O)C(=O)O.O. The lowest BCUT2D eigenvalue weighted by molar-refractivity contribution is -0.168. The van der Waals surface area contributed by atoms with Crippen LogP contribution in [0, 0.1) is 5.92 Å². The standard InChI is InChI=1S/C9H14O7.H2O/c1-4(2)16-9(15)7(12)5(8(13)14)3-6(10)11;/h4-5,7,12H,3H2,1-2H3,(H,10,11)(H,13,14);1H2. The highest BCUT2D eigenvalue weighted by atomic mass is 16.6. The summed E-state index contributed by atoms with van der Waals surface area (Å²) in [4.78, 5) is 32.1. The van der Waals surface area contributed by atoms with Crippen LogP contribution in [0.2, 0.25) is 0 Å². The molecule has 0 radical (unpaired) electrons. The number of carboxylic acids is 2. The van der Waals surface area contributed by atoms with Gasteiger partial charge in [-0.1, -0.05) is 0 Å². The van der Waals surface area contributed by atoms with E-state index in [0.717, 1.165) is 0 Å². The molecule has 5 N–H and O–H groups in total. The zero-order chi connectivity index (χ0) is 12.9. The van der Waals surface area contributed by atoms with Crippen molar-refractivity contribution in [2.24, 2.45) is 5.92 Å². The van der Waals surface area contributed by atoms with Gasteiger partial charge in [-0.05, 0) is 13.8 Å². The summed E-state index contributed by atoms with van der Waals surface area (Å²) in [7, 11) is 0. The lowest BCUT2D eigenvalue weighted by atomic mass is 9.99. The molecule has 0 saturated heterocycles. The Labute approximate surface area is 97.1 Å². The van der Waals surface area contributed by atoms with Crippen LogP contribution in [-0.2, 0) is 19.1 Å². The second-order valence-electron chi connectivity index (χ2n) is 3.47. The molecule has 0 aliphatic rings. The number of carbonyl (C=O) groups excluding carboxylic acids is 1. The summed E-state index contributed by atoms with van der Waals surface area (Å²) in [5.41, 5.74) is 0. The maximum atomic E-state index is 11.2. The van der Waals surface area contributed by atoms with Gasteiger partial charge in [0.15, 0.2) is 6.10 Å². The number of hydrogen-bond donors (Lipinski definition) is 3. The molecule has 100 valence electrons. The van der Waals surface area contributed by atoms with Gasteiger partial charge in [0, 0.05) is 0 Å². The molecule has 0 heterocycles. The number of hydrogen-bond acceptors (Lipinski definition) is 5. The molecule has 0 aromatic carbocycles. The second-order valence-corrected chi connectivity index (χ2v) is 3.47. The molecule has 0 aliphatic carbocycles. The van der Waals surface area contributed by atoms with E-state index < -0.39 is 42.5 Å². The smallest absolute Gasteiger partial charge is 0.336 e. The van der Waals surface area contributed by atoms with Gasteiger partial charge < -0.3 is 25.5 Å². The van der Waals surface area contributed by atoms with Crippen LogP contribution in [0.15, 0.2) is 0 Å². The van der Waals surface area contributed by atoms with Crippen molar-refractivity contribution in [3.63, 3.8) is 0 Å². The van der Waals surface area contributed by atoms with E-state index in [9.17, 15) is 19.5 Å². The van der Waals surface area contributed by atoms with Gasteiger partial charge in [0.2, 0.25) is 0 Å². The summed E-state index contributed by atoms with van der Waals surface area (Å²) in [6.07, 6.45) is -3.33. The number of rotatable bonds is 6. The Balaban J connectivity index is 0. The zero-order valence-corrected chi connectivity index (χ0v) is 9.41. The van der Waals surface area contributed by atoms with Crippen LogP contribution < -0.4 is 0 Å². The van der Waals surface area contributed by atoms with Crippen molar-refractivity contribution in [2.75, 3.05) is 0 Å². The fourth-order valence-electron chi connectivity index (χ4n) is 0.988. The highest BCUT2D eigenvalue weighted by molar-refractivity contribution is 5.85. The van der Waals surface area contributed by atoms with E-state index >= 15 is 0 Å². The van der Waals surface area contributed by atoms with Gasteiger partial charge in [-0.25, -0.2) is 4.79 Å². The number of aliphatic hydroxyl groups excluding tert-OH is 1. The number of aliphatic carboxylic acids is 2. The quantitative estimate of drug-likeness (QED) is 0.494. The zero-order valence-electron chi connectivity index (χ0n) is 9.41. The Morgan fingerprint density at radius 3 is 1.94 bits per heavy atom. The van der Waals surface area contributed by atoms with Crippen molar-refractivity contribution in [3.05, 3.63) is 0 Å². The largest absolute Gasteiger partial charge is 0.481 e. The van der Waals surface area contributed by atoms with E-state index in [-0.39, 0.29) is 5.48 Å². The summed E-state index contributed by atoms with van der Waals surface area (Å²) < 4.78 is 4.58. The van der Waals surface area contributed by atoms with Gasteiger partial charge in [-0.3, -0.25) is 9.59 Å². The van der Waals surface area contributed by atoms with Gasteiger partial charge in [0.05, 0.1) is 12.5 Å². The molecule has 0 spiro atoms.